The lowest BCUT2D eigenvalue weighted by Gasteiger charge is -2.34. The van der Waals surface area contributed by atoms with E-state index in [2.05, 4.69) is 0 Å². The Balaban J connectivity index is 2.83. The van der Waals surface area contributed by atoms with E-state index >= 15 is 0 Å². The minimum atomic E-state index is -0.644. The van der Waals surface area contributed by atoms with Gasteiger partial charge in [-0.15, -0.1) is 0 Å². The van der Waals surface area contributed by atoms with E-state index in [0.29, 0.717) is 6.42 Å². The number of hydrogen-bond acceptors (Lipinski definition) is 3. The molecule has 0 unspecified atom stereocenters. The van der Waals surface area contributed by atoms with Crippen LogP contribution < -0.4 is 0 Å². The second kappa shape index (κ2) is 3.64. The van der Waals surface area contributed by atoms with E-state index in [1.54, 1.807) is 0 Å². The number of carbonyl (C=O) groups is 1. The number of carbonyl (C=O) groups excluding carboxylic acids is 1. The minimum Gasteiger partial charge on any atom is -0.372 e. The van der Waals surface area contributed by atoms with Crippen LogP contribution >= 0.6 is 0 Å². The molecule has 1 saturated heterocycles. The van der Waals surface area contributed by atoms with Gasteiger partial charge in [0, 0.05) is 25.4 Å². The van der Waals surface area contributed by atoms with Crippen LogP contribution in [-0.2, 0) is 4.79 Å². The second-order valence-electron chi connectivity index (χ2n) is 3.90. The van der Waals surface area contributed by atoms with E-state index < -0.39 is 6.23 Å². The summed E-state index contributed by atoms with van der Waals surface area (Å²) in [6.45, 7) is 7.54. The summed E-state index contributed by atoms with van der Waals surface area (Å²) in [6, 6.07) is 0.481. The molecule has 0 aromatic rings. The summed E-state index contributed by atoms with van der Waals surface area (Å²) in [5.41, 5.74) is 0. The Bertz CT molecular complexity index is 206. The Morgan fingerprint density at radius 3 is 2.38 bits per heavy atom. The van der Waals surface area contributed by atoms with Crippen molar-refractivity contribution >= 4 is 5.91 Å². The van der Waals surface area contributed by atoms with Gasteiger partial charge in [-0.25, -0.2) is 10.0 Å². The van der Waals surface area contributed by atoms with E-state index in [1.165, 1.54) is 11.9 Å². The summed E-state index contributed by atoms with van der Waals surface area (Å²) in [4.78, 5) is 11.2. The molecule has 1 rings (SSSR count). The van der Waals surface area contributed by atoms with Gasteiger partial charge in [0.05, 0.1) is 0 Å². The quantitative estimate of drug-likeness (QED) is 0.651. The molecular formula is C9H18N2O2. The monoisotopic (exact) mass is 186 g/mol. The van der Waals surface area contributed by atoms with Crippen molar-refractivity contribution in [3.05, 3.63) is 0 Å². The normalized spacial score (nSPS) is 30.2. The topological polar surface area (TPSA) is 43.8 Å². The van der Waals surface area contributed by atoms with E-state index in [0.717, 1.165) is 0 Å². The first-order valence-corrected chi connectivity index (χ1v) is 4.71. The molecule has 0 bridgehead atoms. The Kier molecular flexibility index (Phi) is 2.93. The van der Waals surface area contributed by atoms with Crippen molar-refractivity contribution in [2.75, 3.05) is 0 Å². The van der Waals surface area contributed by atoms with Crippen LogP contribution in [-0.4, -0.2) is 39.3 Å². The fourth-order valence-corrected chi connectivity index (χ4v) is 2.01. The molecule has 0 aromatic carbocycles. The molecule has 4 heteroatoms. The molecule has 1 N–H and O–H groups in total. The van der Waals surface area contributed by atoms with Gasteiger partial charge >= 0.3 is 0 Å². The first-order chi connectivity index (χ1) is 5.95. The van der Waals surface area contributed by atoms with Gasteiger partial charge in [-0.05, 0) is 20.8 Å². The lowest BCUT2D eigenvalue weighted by atomic mass is 10.2. The lowest BCUT2D eigenvalue weighted by Crippen LogP contribution is -2.49. The van der Waals surface area contributed by atoms with Crippen molar-refractivity contribution < 1.29 is 9.90 Å². The van der Waals surface area contributed by atoms with Crippen LogP contribution in [0.5, 0.6) is 0 Å². The predicted octanol–water partition coefficient (Wildman–Crippen LogP) is 0.571. The van der Waals surface area contributed by atoms with Gasteiger partial charge in [0.25, 0.3) is 0 Å². The number of hydrogen-bond donors (Lipinski definition) is 1. The molecule has 1 amide bonds. The van der Waals surface area contributed by atoms with Crippen LogP contribution in [0.4, 0.5) is 0 Å². The highest BCUT2D eigenvalue weighted by Gasteiger charge is 2.38. The smallest absolute Gasteiger partial charge is 0.236 e. The zero-order valence-corrected chi connectivity index (χ0v) is 8.69. The van der Waals surface area contributed by atoms with Crippen molar-refractivity contribution in [2.24, 2.45) is 0 Å². The SMILES string of the molecule is CC(=O)N1[C@H](O)C[C@@H](C)N1C(C)C. The number of rotatable bonds is 1. The van der Waals surface area contributed by atoms with Crippen molar-refractivity contribution in [1.82, 2.24) is 10.0 Å². The Morgan fingerprint density at radius 2 is 2.08 bits per heavy atom. The van der Waals surface area contributed by atoms with Crippen LogP contribution in [0.3, 0.4) is 0 Å². The minimum absolute atomic E-state index is 0.0921. The van der Waals surface area contributed by atoms with Crippen molar-refractivity contribution in [1.29, 1.82) is 0 Å². The van der Waals surface area contributed by atoms with Crippen LogP contribution in [0.25, 0.3) is 0 Å². The molecule has 1 aliphatic heterocycles. The molecule has 0 aromatic heterocycles. The number of aliphatic hydroxyl groups excluding tert-OH is 1. The molecule has 76 valence electrons. The first kappa shape index (κ1) is 10.5. The molecule has 1 fully saturated rings. The van der Waals surface area contributed by atoms with Crippen LogP contribution in [0.2, 0.25) is 0 Å². The van der Waals surface area contributed by atoms with Gasteiger partial charge in [0.15, 0.2) is 0 Å². The highest BCUT2D eigenvalue weighted by Crippen LogP contribution is 2.25. The maximum atomic E-state index is 11.2. The third-order valence-electron chi connectivity index (χ3n) is 2.39. The van der Waals surface area contributed by atoms with E-state index in [9.17, 15) is 9.90 Å². The average Bonchev–Trinajstić information content (AvgIpc) is 2.24. The van der Waals surface area contributed by atoms with Crippen LogP contribution in [0.1, 0.15) is 34.1 Å². The Labute approximate surface area is 79.1 Å². The molecule has 13 heavy (non-hydrogen) atoms. The number of nitrogens with zero attached hydrogens (tertiary/aromatic N) is 2. The molecule has 0 radical (unpaired) electrons. The van der Waals surface area contributed by atoms with E-state index in [-0.39, 0.29) is 18.0 Å². The van der Waals surface area contributed by atoms with E-state index in [1.807, 2.05) is 25.8 Å². The maximum absolute atomic E-state index is 11.2. The van der Waals surface area contributed by atoms with E-state index in [4.69, 9.17) is 0 Å². The highest BCUT2D eigenvalue weighted by molar-refractivity contribution is 5.73. The number of aliphatic hydroxyl groups is 1. The Morgan fingerprint density at radius 1 is 1.54 bits per heavy atom. The fourth-order valence-electron chi connectivity index (χ4n) is 2.01. The highest BCUT2D eigenvalue weighted by atomic mass is 16.3. The molecular weight excluding hydrogens is 168 g/mol. The molecule has 4 nitrogen and oxygen atoms in total. The van der Waals surface area contributed by atoms with Gasteiger partial charge in [-0.1, -0.05) is 0 Å². The summed E-state index contributed by atoms with van der Waals surface area (Å²) in [7, 11) is 0. The molecule has 1 heterocycles. The van der Waals surface area contributed by atoms with Gasteiger partial charge in [0.1, 0.15) is 6.23 Å². The zero-order valence-electron chi connectivity index (χ0n) is 8.69. The third kappa shape index (κ3) is 1.84. The van der Waals surface area contributed by atoms with Gasteiger partial charge in [-0.3, -0.25) is 4.79 Å². The molecule has 0 aliphatic carbocycles. The largest absolute Gasteiger partial charge is 0.372 e. The summed E-state index contributed by atoms with van der Waals surface area (Å²) in [5.74, 6) is -0.0921. The van der Waals surface area contributed by atoms with Crippen molar-refractivity contribution in [2.45, 2.75) is 52.4 Å². The number of amides is 1. The molecule has 1 aliphatic rings. The summed E-state index contributed by atoms with van der Waals surface area (Å²) in [6.07, 6.45) is -0.00694. The summed E-state index contributed by atoms with van der Waals surface area (Å²) >= 11 is 0. The van der Waals surface area contributed by atoms with Gasteiger partial charge in [0.2, 0.25) is 5.91 Å². The molecule has 0 spiro atoms. The van der Waals surface area contributed by atoms with Gasteiger partial charge in [-0.2, -0.15) is 0 Å². The fraction of sp³-hybridized carbons (Fsp3) is 0.889. The molecule has 0 saturated carbocycles. The average molecular weight is 186 g/mol. The standard InChI is InChI=1S/C9H18N2O2/c1-6(2)10-7(3)5-9(13)11(10)8(4)12/h6-7,9,13H,5H2,1-4H3/t7-,9-/m1/s1. The van der Waals surface area contributed by atoms with Crippen LogP contribution in [0, 0.1) is 0 Å². The lowest BCUT2D eigenvalue weighted by molar-refractivity contribution is -0.163. The summed E-state index contributed by atoms with van der Waals surface area (Å²) in [5, 5.41) is 13.0. The Hall–Kier alpha value is -0.610. The first-order valence-electron chi connectivity index (χ1n) is 4.71. The van der Waals surface area contributed by atoms with Crippen molar-refractivity contribution in [3.8, 4) is 0 Å². The number of hydrazine groups is 1. The summed E-state index contributed by atoms with van der Waals surface area (Å²) < 4.78 is 0. The second-order valence-corrected chi connectivity index (χ2v) is 3.90. The maximum Gasteiger partial charge on any atom is 0.236 e. The van der Waals surface area contributed by atoms with Crippen molar-refractivity contribution in [3.63, 3.8) is 0 Å². The van der Waals surface area contributed by atoms with Gasteiger partial charge < -0.3 is 5.11 Å². The predicted molar refractivity (Wildman–Crippen MR) is 49.6 cm³/mol. The molecule has 2 atom stereocenters. The zero-order chi connectivity index (χ0) is 10.2. The van der Waals surface area contributed by atoms with Crippen LogP contribution in [0.15, 0.2) is 0 Å². The third-order valence-corrected chi connectivity index (χ3v) is 2.39.